The maximum absolute atomic E-state index is 12.3. The standard InChI is InChI=1S/C23H28BN5O9P/c1-13(2)35-16(30)11-34-39(31)33-10-15-18-23(3,38-24(37-18)14-8-6-5-7-9-14)21(36-15)29-12-26-17-19(29)27-22(25)28-20(17)32-4/h5-9,12-13,15,18,21H,10-11H2,1-4H3,(H2,25,27,28)/q+1/t15-,18-,21-,23-/m1/s1. The maximum Gasteiger partial charge on any atom is 0.698 e. The molecule has 2 fully saturated rings. The number of ether oxygens (including phenoxy) is 3. The number of nitrogen functional groups attached to an aromatic ring is 1. The molecule has 2 saturated heterocycles. The number of benzene rings is 1. The average molecular weight is 560 g/mol. The van der Waals surface area contributed by atoms with Crippen molar-refractivity contribution in [1.29, 1.82) is 0 Å². The summed E-state index contributed by atoms with van der Waals surface area (Å²) in [6, 6.07) is 9.45. The number of carbonyl (C=O) groups is 1. The van der Waals surface area contributed by atoms with E-state index in [9.17, 15) is 9.36 Å². The Hall–Kier alpha value is -3.20. The maximum atomic E-state index is 12.3. The number of aromatic nitrogens is 4. The van der Waals surface area contributed by atoms with Gasteiger partial charge in [0.1, 0.15) is 24.4 Å². The molecule has 39 heavy (non-hydrogen) atoms. The minimum atomic E-state index is -2.64. The molecule has 1 aromatic carbocycles. The zero-order valence-corrected chi connectivity index (χ0v) is 22.6. The number of hydrogen-bond donors (Lipinski definition) is 1. The normalized spacial score (nSPS) is 24.8. The molecule has 2 aliphatic rings. The highest BCUT2D eigenvalue weighted by Crippen LogP contribution is 2.48. The zero-order valence-electron chi connectivity index (χ0n) is 21.8. The second-order valence-electron chi connectivity index (χ2n) is 9.37. The van der Waals surface area contributed by atoms with E-state index >= 15 is 0 Å². The van der Waals surface area contributed by atoms with E-state index in [1.165, 1.54) is 13.4 Å². The smallest absolute Gasteiger partial charge is 0.479 e. The zero-order chi connectivity index (χ0) is 27.7. The summed E-state index contributed by atoms with van der Waals surface area (Å²) in [5, 5.41) is 0. The predicted octanol–water partition coefficient (Wildman–Crippen LogP) is 1.53. The van der Waals surface area contributed by atoms with Gasteiger partial charge >= 0.3 is 21.3 Å². The van der Waals surface area contributed by atoms with Crippen molar-refractivity contribution < 1.29 is 41.9 Å². The Balaban J connectivity index is 1.39. The molecule has 2 aliphatic heterocycles. The van der Waals surface area contributed by atoms with Crippen LogP contribution in [0.3, 0.4) is 0 Å². The largest absolute Gasteiger partial charge is 0.698 e. The van der Waals surface area contributed by atoms with Crippen molar-refractivity contribution >= 4 is 43.9 Å². The van der Waals surface area contributed by atoms with Crippen LogP contribution in [0.1, 0.15) is 27.0 Å². The molecule has 3 aromatic rings. The van der Waals surface area contributed by atoms with Crippen LogP contribution in [0.15, 0.2) is 36.7 Å². The summed E-state index contributed by atoms with van der Waals surface area (Å²) in [4.78, 5) is 24.5. The van der Waals surface area contributed by atoms with E-state index in [1.54, 1.807) is 18.4 Å². The minimum Gasteiger partial charge on any atom is -0.479 e. The third kappa shape index (κ3) is 5.46. The Labute approximate surface area is 225 Å². The van der Waals surface area contributed by atoms with Gasteiger partial charge < -0.3 is 29.3 Å². The van der Waals surface area contributed by atoms with E-state index in [2.05, 4.69) is 15.0 Å². The third-order valence-corrected chi connectivity index (χ3v) is 6.95. The van der Waals surface area contributed by atoms with E-state index in [4.69, 9.17) is 38.3 Å². The topological polar surface area (TPSA) is 168 Å². The second kappa shape index (κ2) is 11.1. The number of carbonyl (C=O) groups excluding carboxylic acids is 1. The van der Waals surface area contributed by atoms with E-state index in [0.717, 1.165) is 5.46 Å². The third-order valence-electron chi connectivity index (χ3n) is 6.25. The van der Waals surface area contributed by atoms with E-state index in [-0.39, 0.29) is 24.5 Å². The van der Waals surface area contributed by atoms with Crippen molar-refractivity contribution in [2.45, 2.75) is 50.9 Å². The Morgan fingerprint density at radius 2 is 2.03 bits per heavy atom. The highest BCUT2D eigenvalue weighted by Gasteiger charge is 2.64. The lowest BCUT2D eigenvalue weighted by atomic mass is 9.79. The highest BCUT2D eigenvalue weighted by atomic mass is 31.1. The summed E-state index contributed by atoms with van der Waals surface area (Å²) in [5.41, 5.74) is 6.43. The first-order valence-electron chi connectivity index (χ1n) is 12.2. The number of esters is 1. The molecule has 5 rings (SSSR count). The molecule has 0 saturated carbocycles. The van der Waals surface area contributed by atoms with Gasteiger partial charge in [0.15, 0.2) is 17.4 Å². The lowest BCUT2D eigenvalue weighted by Crippen LogP contribution is -2.42. The molecule has 0 amide bonds. The molecular formula is C23H28BN5O9P+. The minimum absolute atomic E-state index is 0.00317. The number of imidazole rings is 1. The van der Waals surface area contributed by atoms with Gasteiger partial charge in [-0.25, -0.2) is 9.78 Å². The molecule has 5 atom stereocenters. The van der Waals surface area contributed by atoms with Crippen LogP contribution >= 0.6 is 8.25 Å². The molecule has 1 unspecified atom stereocenters. The summed E-state index contributed by atoms with van der Waals surface area (Å²) >= 11 is 0. The van der Waals surface area contributed by atoms with Gasteiger partial charge in [-0.15, -0.1) is 9.05 Å². The van der Waals surface area contributed by atoms with Crippen LogP contribution in [0.5, 0.6) is 5.88 Å². The Morgan fingerprint density at radius 1 is 1.26 bits per heavy atom. The van der Waals surface area contributed by atoms with Crippen LogP contribution < -0.4 is 15.9 Å². The van der Waals surface area contributed by atoms with E-state index in [0.29, 0.717) is 11.2 Å². The van der Waals surface area contributed by atoms with Crippen molar-refractivity contribution in [1.82, 2.24) is 19.5 Å². The Kier molecular flexibility index (Phi) is 7.81. The lowest BCUT2D eigenvalue weighted by molar-refractivity contribution is -0.149. The van der Waals surface area contributed by atoms with Gasteiger partial charge in [0.2, 0.25) is 18.4 Å². The summed E-state index contributed by atoms with van der Waals surface area (Å²) in [5.74, 6) is -0.438. The number of fused-ring (bicyclic) bond motifs is 2. The van der Waals surface area contributed by atoms with Crippen LogP contribution in [-0.4, -0.2) is 76.8 Å². The fourth-order valence-corrected chi connectivity index (χ4v) is 5.19. The molecule has 0 radical (unpaired) electrons. The van der Waals surface area contributed by atoms with Crippen LogP contribution in [0, 0.1) is 0 Å². The van der Waals surface area contributed by atoms with Crippen molar-refractivity contribution in [3.05, 3.63) is 36.7 Å². The first-order chi connectivity index (χ1) is 18.7. The molecule has 0 spiro atoms. The summed E-state index contributed by atoms with van der Waals surface area (Å²) in [6.07, 6.45) is -0.981. The van der Waals surface area contributed by atoms with Gasteiger partial charge in [0.25, 0.3) is 0 Å². The number of nitrogens with zero attached hydrogens (tertiary/aromatic N) is 4. The number of nitrogens with two attached hydrogens (primary N) is 1. The van der Waals surface area contributed by atoms with E-state index < -0.39 is 52.0 Å². The summed E-state index contributed by atoms with van der Waals surface area (Å²) in [6.45, 7) is 4.56. The predicted molar refractivity (Wildman–Crippen MR) is 137 cm³/mol. The molecule has 0 bridgehead atoms. The Morgan fingerprint density at radius 3 is 2.74 bits per heavy atom. The first-order valence-corrected chi connectivity index (χ1v) is 13.3. The van der Waals surface area contributed by atoms with Crippen LogP contribution in [-0.2, 0) is 37.2 Å². The monoisotopic (exact) mass is 560 g/mol. The van der Waals surface area contributed by atoms with Gasteiger partial charge in [-0.1, -0.05) is 30.3 Å². The highest BCUT2D eigenvalue weighted by molar-refractivity contribution is 7.33. The fraction of sp³-hybridized carbons (Fsp3) is 0.478. The lowest BCUT2D eigenvalue weighted by Gasteiger charge is -2.29. The molecule has 16 heteroatoms. The number of hydrogen-bond acceptors (Lipinski definition) is 13. The molecule has 2 aromatic heterocycles. The van der Waals surface area contributed by atoms with Gasteiger partial charge in [-0.05, 0) is 26.2 Å². The number of methoxy groups -OCH3 is 1. The summed E-state index contributed by atoms with van der Waals surface area (Å²) in [7, 11) is -1.88. The van der Waals surface area contributed by atoms with Crippen molar-refractivity contribution in [3.63, 3.8) is 0 Å². The average Bonchev–Trinajstić information content (AvgIpc) is 3.55. The summed E-state index contributed by atoms with van der Waals surface area (Å²) < 4.78 is 53.8. The first kappa shape index (κ1) is 27.4. The van der Waals surface area contributed by atoms with Crippen molar-refractivity contribution in [3.8, 4) is 5.88 Å². The quantitative estimate of drug-likeness (QED) is 0.215. The molecule has 2 N–H and O–H groups in total. The van der Waals surface area contributed by atoms with Crippen LogP contribution in [0.25, 0.3) is 11.2 Å². The Bertz CT molecular complexity index is 1360. The van der Waals surface area contributed by atoms with Crippen molar-refractivity contribution in [2.75, 3.05) is 26.1 Å². The SMILES string of the molecule is COc1nc(N)nc2c1ncn2[C@@H]1O[C@H](CO[P+](=O)OCC(=O)OC(C)C)[C@H]2OB(c3ccccc3)O[C@]21C. The number of anilines is 1. The van der Waals surface area contributed by atoms with Gasteiger partial charge in [0, 0.05) is 4.57 Å². The molecule has 206 valence electrons. The fourth-order valence-electron chi connectivity index (χ4n) is 4.64. The molecular weight excluding hydrogens is 532 g/mol. The second-order valence-corrected chi connectivity index (χ2v) is 10.3. The number of rotatable bonds is 10. The van der Waals surface area contributed by atoms with Gasteiger partial charge in [-0.2, -0.15) is 9.97 Å². The van der Waals surface area contributed by atoms with Gasteiger partial charge in [0.05, 0.1) is 19.5 Å². The van der Waals surface area contributed by atoms with Crippen molar-refractivity contribution in [2.24, 2.45) is 0 Å². The van der Waals surface area contributed by atoms with Crippen LogP contribution in [0.4, 0.5) is 5.95 Å². The van der Waals surface area contributed by atoms with Gasteiger partial charge in [-0.3, -0.25) is 4.57 Å². The van der Waals surface area contributed by atoms with E-state index in [1.807, 2.05) is 37.3 Å². The molecule has 14 nitrogen and oxygen atoms in total. The molecule has 0 aliphatic carbocycles. The van der Waals surface area contributed by atoms with Crippen LogP contribution in [0.2, 0.25) is 0 Å². The molecule has 4 heterocycles.